The summed E-state index contributed by atoms with van der Waals surface area (Å²) < 4.78 is 0. The fraction of sp³-hybridized carbons (Fsp3) is 0.650. The summed E-state index contributed by atoms with van der Waals surface area (Å²) in [5.74, 6) is 0.713. The standard InChI is InChI=1S/C20H35/c1-4-7-9-11-12-13-14-15-17-19-20(6-3)18-16-10-8-5-2/h12-13,15-18,20H,2,4-11,14,19H2,1,3H3/q-1/b13-12-,17-15-,18-16+. The van der Waals surface area contributed by atoms with E-state index in [1.165, 1.54) is 51.4 Å². The normalized spacial score (nSPS) is 13.9. The van der Waals surface area contributed by atoms with Crippen LogP contribution in [0.1, 0.15) is 78.1 Å². The largest absolute Gasteiger partial charge is 0.343 e. The van der Waals surface area contributed by atoms with E-state index in [0.29, 0.717) is 5.92 Å². The van der Waals surface area contributed by atoms with Gasteiger partial charge in [-0.3, -0.25) is 0 Å². The highest BCUT2D eigenvalue weighted by Gasteiger charge is 1.97. The van der Waals surface area contributed by atoms with Crippen molar-refractivity contribution in [3.8, 4) is 0 Å². The van der Waals surface area contributed by atoms with Crippen LogP contribution in [-0.4, -0.2) is 0 Å². The quantitative estimate of drug-likeness (QED) is 0.192. The molecule has 0 aliphatic rings. The van der Waals surface area contributed by atoms with Gasteiger partial charge in [-0.05, 0) is 44.4 Å². The van der Waals surface area contributed by atoms with Crippen molar-refractivity contribution >= 4 is 0 Å². The lowest BCUT2D eigenvalue weighted by molar-refractivity contribution is 0.634. The van der Waals surface area contributed by atoms with E-state index < -0.39 is 0 Å². The minimum absolute atomic E-state index is 0.713. The summed E-state index contributed by atoms with van der Waals surface area (Å²) in [4.78, 5) is 0. The van der Waals surface area contributed by atoms with Crippen LogP contribution in [0.4, 0.5) is 0 Å². The number of unbranched alkanes of at least 4 members (excludes halogenated alkanes) is 5. The Bertz CT molecular complexity index is 257. The molecule has 0 aromatic heterocycles. The Morgan fingerprint density at radius 3 is 2.30 bits per heavy atom. The summed E-state index contributed by atoms with van der Waals surface area (Å²) in [7, 11) is 0. The van der Waals surface area contributed by atoms with Gasteiger partial charge in [-0.25, -0.2) is 0 Å². The molecule has 0 heterocycles. The van der Waals surface area contributed by atoms with E-state index >= 15 is 0 Å². The van der Waals surface area contributed by atoms with Gasteiger partial charge in [0.15, 0.2) is 0 Å². The van der Waals surface area contributed by atoms with Gasteiger partial charge < -0.3 is 6.92 Å². The van der Waals surface area contributed by atoms with Crippen LogP contribution in [0.25, 0.3) is 0 Å². The molecule has 0 bridgehead atoms. The van der Waals surface area contributed by atoms with E-state index in [9.17, 15) is 0 Å². The Kier molecular flexibility index (Phi) is 15.6. The summed E-state index contributed by atoms with van der Waals surface area (Å²) in [5.41, 5.74) is 0. The van der Waals surface area contributed by atoms with E-state index in [4.69, 9.17) is 0 Å². The van der Waals surface area contributed by atoms with Crippen molar-refractivity contribution in [3.63, 3.8) is 0 Å². The van der Waals surface area contributed by atoms with Crippen LogP contribution in [0.5, 0.6) is 0 Å². The van der Waals surface area contributed by atoms with Gasteiger partial charge in [-0.15, -0.1) is 0 Å². The minimum atomic E-state index is 0.713. The van der Waals surface area contributed by atoms with Gasteiger partial charge in [-0.1, -0.05) is 69.6 Å². The highest BCUT2D eigenvalue weighted by Crippen LogP contribution is 2.12. The number of rotatable bonds is 13. The van der Waals surface area contributed by atoms with Crippen molar-refractivity contribution in [3.05, 3.63) is 43.4 Å². The Morgan fingerprint density at radius 1 is 0.850 bits per heavy atom. The van der Waals surface area contributed by atoms with Crippen LogP contribution in [-0.2, 0) is 0 Å². The van der Waals surface area contributed by atoms with E-state index in [2.05, 4.69) is 57.2 Å². The lowest BCUT2D eigenvalue weighted by Crippen LogP contribution is -1.91. The van der Waals surface area contributed by atoms with Crippen LogP contribution in [0.2, 0.25) is 0 Å². The predicted molar refractivity (Wildman–Crippen MR) is 93.8 cm³/mol. The van der Waals surface area contributed by atoms with E-state index in [0.717, 1.165) is 12.8 Å². The Balaban J connectivity index is 3.66. The molecule has 1 unspecified atom stereocenters. The van der Waals surface area contributed by atoms with Crippen LogP contribution in [0.15, 0.2) is 36.5 Å². The van der Waals surface area contributed by atoms with Crippen LogP contribution >= 0.6 is 0 Å². The SMILES string of the molecule is [CH2-]CCC/C=C/C(CC)C/C=C\C/C=C\CCCCC. The van der Waals surface area contributed by atoms with E-state index in [1.807, 2.05) is 0 Å². The fourth-order valence-electron chi connectivity index (χ4n) is 2.10. The molecule has 0 aliphatic heterocycles. The van der Waals surface area contributed by atoms with Crippen molar-refractivity contribution in [1.82, 2.24) is 0 Å². The average Bonchev–Trinajstić information content (AvgIpc) is 2.47. The molecule has 0 spiro atoms. The van der Waals surface area contributed by atoms with Crippen LogP contribution in [0, 0.1) is 12.8 Å². The molecule has 0 N–H and O–H groups in total. The summed E-state index contributed by atoms with van der Waals surface area (Å²) in [5, 5.41) is 0. The van der Waals surface area contributed by atoms with Crippen molar-refractivity contribution in [2.45, 2.75) is 78.1 Å². The molecule has 0 saturated heterocycles. The molecule has 1 atom stereocenters. The highest BCUT2D eigenvalue weighted by molar-refractivity contribution is 4.97. The van der Waals surface area contributed by atoms with Gasteiger partial charge in [0, 0.05) is 0 Å². The topological polar surface area (TPSA) is 0 Å². The first-order chi connectivity index (χ1) is 9.85. The van der Waals surface area contributed by atoms with Crippen molar-refractivity contribution in [2.75, 3.05) is 0 Å². The molecule has 0 heteroatoms. The first-order valence-corrected chi connectivity index (χ1v) is 8.61. The van der Waals surface area contributed by atoms with Gasteiger partial charge in [0.05, 0.1) is 0 Å². The molecule has 0 aliphatic carbocycles. The lowest BCUT2D eigenvalue weighted by Gasteiger charge is -2.06. The second-order valence-corrected chi connectivity index (χ2v) is 5.50. The third-order valence-electron chi connectivity index (χ3n) is 3.57. The maximum Gasteiger partial charge on any atom is -0.0169 e. The Hall–Kier alpha value is -0.780. The fourth-order valence-corrected chi connectivity index (χ4v) is 2.10. The monoisotopic (exact) mass is 275 g/mol. The predicted octanol–water partition coefficient (Wildman–Crippen LogP) is 7.05. The first kappa shape index (κ1) is 19.2. The van der Waals surface area contributed by atoms with Crippen LogP contribution in [0.3, 0.4) is 0 Å². The third kappa shape index (κ3) is 13.6. The van der Waals surface area contributed by atoms with Gasteiger partial charge in [0.1, 0.15) is 0 Å². The minimum Gasteiger partial charge on any atom is -0.343 e. The summed E-state index contributed by atoms with van der Waals surface area (Å²) in [6.45, 7) is 8.40. The molecule has 0 radical (unpaired) electrons. The Labute approximate surface area is 128 Å². The highest BCUT2D eigenvalue weighted by atomic mass is 14.0. The zero-order valence-electron chi connectivity index (χ0n) is 13.8. The van der Waals surface area contributed by atoms with E-state index in [-0.39, 0.29) is 0 Å². The molecular weight excluding hydrogens is 240 g/mol. The first-order valence-electron chi connectivity index (χ1n) is 8.61. The van der Waals surface area contributed by atoms with E-state index in [1.54, 1.807) is 0 Å². The number of hydrogen-bond donors (Lipinski definition) is 0. The molecule has 0 aromatic rings. The maximum atomic E-state index is 3.87. The second kappa shape index (κ2) is 16.3. The molecular formula is C20H35-. The van der Waals surface area contributed by atoms with Gasteiger partial charge in [0.25, 0.3) is 0 Å². The second-order valence-electron chi connectivity index (χ2n) is 5.50. The maximum absolute atomic E-state index is 3.87. The zero-order chi connectivity index (χ0) is 14.9. The number of hydrogen-bond acceptors (Lipinski definition) is 0. The third-order valence-corrected chi connectivity index (χ3v) is 3.57. The molecule has 0 nitrogen and oxygen atoms in total. The smallest absolute Gasteiger partial charge is 0.0169 e. The molecule has 0 amide bonds. The summed E-state index contributed by atoms with van der Waals surface area (Å²) in [6, 6.07) is 0. The number of allylic oxidation sites excluding steroid dienone is 6. The molecule has 20 heavy (non-hydrogen) atoms. The zero-order valence-corrected chi connectivity index (χ0v) is 13.8. The van der Waals surface area contributed by atoms with Crippen molar-refractivity contribution in [1.29, 1.82) is 0 Å². The summed E-state index contributed by atoms with van der Waals surface area (Å²) in [6.07, 6.45) is 26.2. The van der Waals surface area contributed by atoms with Crippen LogP contribution < -0.4 is 0 Å². The van der Waals surface area contributed by atoms with Crippen molar-refractivity contribution in [2.24, 2.45) is 5.92 Å². The molecule has 116 valence electrons. The molecule has 0 aromatic carbocycles. The molecule has 0 fully saturated rings. The summed E-state index contributed by atoms with van der Waals surface area (Å²) >= 11 is 0. The van der Waals surface area contributed by atoms with Gasteiger partial charge in [-0.2, -0.15) is 6.42 Å². The van der Waals surface area contributed by atoms with Gasteiger partial charge >= 0.3 is 0 Å². The van der Waals surface area contributed by atoms with Crippen molar-refractivity contribution < 1.29 is 0 Å². The Morgan fingerprint density at radius 2 is 1.60 bits per heavy atom. The van der Waals surface area contributed by atoms with Gasteiger partial charge in [0.2, 0.25) is 0 Å². The molecule has 0 saturated carbocycles. The average molecular weight is 276 g/mol. The lowest BCUT2D eigenvalue weighted by atomic mass is 10.0. The molecule has 0 rings (SSSR count).